The smallest absolute Gasteiger partial charge is 0.303 e. The molecule has 3 aromatic rings. The van der Waals surface area contributed by atoms with Gasteiger partial charge in [-0.15, -0.1) is 0 Å². The van der Waals surface area contributed by atoms with Gasteiger partial charge in [-0.25, -0.2) is 4.52 Å². The lowest BCUT2D eigenvalue weighted by Gasteiger charge is -2.18. The predicted octanol–water partition coefficient (Wildman–Crippen LogP) is 5.69. The molecule has 0 saturated heterocycles. The Bertz CT molecular complexity index is 1050. The lowest BCUT2D eigenvalue weighted by atomic mass is 9.95. The van der Waals surface area contributed by atoms with Crippen molar-refractivity contribution >= 4 is 27.4 Å². The molecule has 3 heterocycles. The summed E-state index contributed by atoms with van der Waals surface area (Å²) >= 11 is 3.55. The van der Waals surface area contributed by atoms with E-state index in [1.807, 2.05) is 10.7 Å². The predicted molar refractivity (Wildman–Crippen MR) is 125 cm³/mol. The summed E-state index contributed by atoms with van der Waals surface area (Å²) in [4.78, 5) is 15.4. The normalized spacial score (nSPS) is 11.5. The minimum absolute atomic E-state index is 0.174. The second-order valence-electron chi connectivity index (χ2n) is 8.18. The number of aromatic nitrogens is 3. The highest BCUT2D eigenvalue weighted by molar-refractivity contribution is 9.10. The number of aliphatic carboxylic acids is 1. The number of carbonyl (C=O) groups is 1. The molecule has 0 bridgehead atoms. The number of hydrogen-bond acceptors (Lipinski definition) is 4. The van der Waals surface area contributed by atoms with Gasteiger partial charge < -0.3 is 9.84 Å². The van der Waals surface area contributed by atoms with Crippen LogP contribution in [-0.4, -0.2) is 32.3 Å². The van der Waals surface area contributed by atoms with Gasteiger partial charge in [-0.3, -0.25) is 9.78 Å². The lowest BCUT2D eigenvalue weighted by molar-refractivity contribution is -0.137. The largest absolute Gasteiger partial charge is 0.481 e. The Morgan fingerprint density at radius 1 is 1.26 bits per heavy atom. The van der Waals surface area contributed by atoms with Gasteiger partial charge in [0.2, 0.25) is 0 Å². The number of unbranched alkanes of at least 4 members (excludes halogenated alkanes) is 1. The van der Waals surface area contributed by atoms with Crippen LogP contribution in [0.25, 0.3) is 16.6 Å². The van der Waals surface area contributed by atoms with E-state index in [4.69, 9.17) is 14.9 Å². The van der Waals surface area contributed by atoms with Gasteiger partial charge in [-0.2, -0.15) is 5.10 Å². The zero-order chi connectivity index (χ0) is 22.4. The summed E-state index contributed by atoms with van der Waals surface area (Å²) in [7, 11) is 0. The first-order valence-corrected chi connectivity index (χ1v) is 11.6. The Morgan fingerprint density at radius 3 is 2.74 bits per heavy atom. The number of hydrogen-bond donors (Lipinski definition) is 1. The van der Waals surface area contributed by atoms with Crippen molar-refractivity contribution in [1.29, 1.82) is 0 Å². The summed E-state index contributed by atoms with van der Waals surface area (Å²) in [6.45, 7) is 7.47. The molecule has 0 radical (unpaired) electrons. The van der Waals surface area contributed by atoms with E-state index >= 15 is 0 Å². The third-order valence-electron chi connectivity index (χ3n) is 5.17. The second kappa shape index (κ2) is 10.9. The van der Waals surface area contributed by atoms with Crippen molar-refractivity contribution < 1.29 is 14.6 Å². The second-order valence-corrected chi connectivity index (χ2v) is 9.09. The minimum atomic E-state index is -0.760. The maximum atomic E-state index is 11.0. The number of aryl methyl sites for hydroxylation is 1. The maximum absolute atomic E-state index is 11.0. The zero-order valence-corrected chi connectivity index (χ0v) is 20.0. The first-order valence-electron chi connectivity index (χ1n) is 10.8. The highest BCUT2D eigenvalue weighted by Gasteiger charge is 2.19. The summed E-state index contributed by atoms with van der Waals surface area (Å²) < 4.78 is 8.92. The molecule has 31 heavy (non-hydrogen) atoms. The Morgan fingerprint density at radius 2 is 2.06 bits per heavy atom. The maximum Gasteiger partial charge on any atom is 0.303 e. The van der Waals surface area contributed by atoms with Gasteiger partial charge in [-0.1, -0.05) is 20.8 Å². The van der Waals surface area contributed by atoms with E-state index in [0.29, 0.717) is 25.6 Å². The fourth-order valence-electron chi connectivity index (χ4n) is 3.75. The molecule has 0 amide bonds. The van der Waals surface area contributed by atoms with Crippen LogP contribution in [-0.2, 0) is 29.0 Å². The van der Waals surface area contributed by atoms with E-state index < -0.39 is 5.97 Å². The van der Waals surface area contributed by atoms with Gasteiger partial charge >= 0.3 is 5.97 Å². The fourth-order valence-corrected chi connectivity index (χ4v) is 4.12. The molecule has 7 heteroatoms. The van der Waals surface area contributed by atoms with E-state index in [1.54, 1.807) is 6.20 Å². The van der Waals surface area contributed by atoms with E-state index in [9.17, 15) is 4.79 Å². The molecule has 0 aliphatic carbocycles. The van der Waals surface area contributed by atoms with E-state index in [0.717, 1.165) is 57.3 Å². The third kappa shape index (κ3) is 5.92. The average molecular weight is 488 g/mol. The first-order chi connectivity index (χ1) is 14.9. The molecule has 0 atom stereocenters. The van der Waals surface area contributed by atoms with Gasteiger partial charge in [0.25, 0.3) is 0 Å². The molecule has 0 fully saturated rings. The van der Waals surface area contributed by atoms with Gasteiger partial charge in [0.15, 0.2) is 0 Å². The van der Waals surface area contributed by atoms with Crippen molar-refractivity contribution in [3.8, 4) is 11.1 Å². The van der Waals surface area contributed by atoms with Gasteiger partial charge in [-0.05, 0) is 71.3 Å². The van der Waals surface area contributed by atoms with E-state index in [2.05, 4.69) is 59.9 Å². The SMILES string of the molecule is CCc1ccc2c(-c3cncc(Br)c3)c(CCCCC(=O)O)c(COCC(C)C)nn12. The summed E-state index contributed by atoms with van der Waals surface area (Å²) in [5.74, 6) is -0.320. The quantitative estimate of drug-likeness (QED) is 0.351. The molecule has 3 rings (SSSR count). The number of carboxylic acid groups (broad SMARTS) is 1. The number of nitrogens with zero attached hydrogens (tertiary/aromatic N) is 3. The highest BCUT2D eigenvalue weighted by Crippen LogP contribution is 2.34. The Hall–Kier alpha value is -2.25. The van der Waals surface area contributed by atoms with Crippen LogP contribution in [0.4, 0.5) is 0 Å². The molecular formula is C24H30BrN3O3. The molecular weight excluding hydrogens is 458 g/mol. The third-order valence-corrected chi connectivity index (χ3v) is 5.61. The van der Waals surface area contributed by atoms with Gasteiger partial charge in [0.05, 0.1) is 17.8 Å². The number of rotatable bonds is 11. The topological polar surface area (TPSA) is 76.7 Å². The summed E-state index contributed by atoms with van der Waals surface area (Å²) in [6, 6.07) is 6.30. The summed E-state index contributed by atoms with van der Waals surface area (Å²) in [5.41, 5.74) is 6.31. The van der Waals surface area contributed by atoms with Crippen LogP contribution in [0.15, 0.2) is 35.1 Å². The average Bonchev–Trinajstić information content (AvgIpc) is 3.13. The number of ether oxygens (including phenoxy) is 1. The van der Waals surface area contributed by atoms with Crippen molar-refractivity contribution in [1.82, 2.24) is 14.6 Å². The van der Waals surface area contributed by atoms with Crippen molar-refractivity contribution in [3.05, 3.63) is 52.0 Å². The van der Waals surface area contributed by atoms with Crippen LogP contribution in [0.2, 0.25) is 0 Å². The molecule has 0 saturated carbocycles. The first kappa shape index (κ1) is 23.4. The van der Waals surface area contributed by atoms with Crippen molar-refractivity contribution in [3.63, 3.8) is 0 Å². The van der Waals surface area contributed by atoms with E-state index in [-0.39, 0.29) is 6.42 Å². The van der Waals surface area contributed by atoms with Crippen molar-refractivity contribution in [2.24, 2.45) is 5.92 Å². The number of carboxylic acids is 1. The Kier molecular flexibility index (Phi) is 8.21. The zero-order valence-electron chi connectivity index (χ0n) is 18.4. The molecule has 0 aliphatic rings. The molecule has 3 aromatic heterocycles. The molecule has 166 valence electrons. The number of halogens is 1. The van der Waals surface area contributed by atoms with Crippen LogP contribution in [0.3, 0.4) is 0 Å². The van der Waals surface area contributed by atoms with Crippen LogP contribution >= 0.6 is 15.9 Å². The molecule has 0 aromatic carbocycles. The van der Waals surface area contributed by atoms with Gasteiger partial charge in [0.1, 0.15) is 0 Å². The van der Waals surface area contributed by atoms with Gasteiger partial charge in [0, 0.05) is 46.7 Å². The lowest BCUT2D eigenvalue weighted by Crippen LogP contribution is -2.12. The fraction of sp³-hybridized carbons (Fsp3) is 0.458. The molecule has 0 unspecified atom stereocenters. The summed E-state index contributed by atoms with van der Waals surface area (Å²) in [6.07, 6.45) is 6.84. The molecule has 6 nitrogen and oxygen atoms in total. The Labute approximate surface area is 191 Å². The molecule has 1 N–H and O–H groups in total. The highest BCUT2D eigenvalue weighted by atomic mass is 79.9. The van der Waals surface area contributed by atoms with Crippen LogP contribution in [0.5, 0.6) is 0 Å². The minimum Gasteiger partial charge on any atom is -0.481 e. The van der Waals surface area contributed by atoms with Crippen molar-refractivity contribution in [2.75, 3.05) is 6.61 Å². The van der Waals surface area contributed by atoms with Crippen LogP contribution in [0.1, 0.15) is 57.0 Å². The number of pyridine rings is 1. The summed E-state index contributed by atoms with van der Waals surface area (Å²) in [5, 5.41) is 14.0. The van der Waals surface area contributed by atoms with Crippen LogP contribution < -0.4 is 0 Å². The molecule has 0 aliphatic heterocycles. The van der Waals surface area contributed by atoms with Crippen LogP contribution in [0, 0.1) is 5.92 Å². The monoisotopic (exact) mass is 487 g/mol. The standard InChI is InChI=1S/C24H30BrN3O3/c1-4-19-9-10-22-24(17-11-18(25)13-26-12-17)20(7-5-6-8-23(29)30)21(27-28(19)22)15-31-14-16(2)3/h9-13,16H,4-8,14-15H2,1-3H3,(H,29,30). The van der Waals surface area contributed by atoms with Crippen molar-refractivity contribution in [2.45, 2.75) is 59.5 Å². The molecule has 0 spiro atoms. The van der Waals surface area contributed by atoms with E-state index in [1.165, 1.54) is 0 Å². The number of fused-ring (bicyclic) bond motifs is 1. The Balaban J connectivity index is 2.12.